The number of ketones is 1. The van der Waals surface area contributed by atoms with Gasteiger partial charge in [0.25, 0.3) is 5.91 Å². The van der Waals surface area contributed by atoms with Crippen LogP contribution in [0.3, 0.4) is 0 Å². The molecule has 2 heterocycles. The normalized spacial score (nSPS) is 13.2. The van der Waals surface area contributed by atoms with Crippen LogP contribution in [-0.2, 0) is 11.2 Å². The highest BCUT2D eigenvalue weighted by Crippen LogP contribution is 2.29. The molecule has 23 heavy (non-hydrogen) atoms. The molecule has 0 saturated carbocycles. The van der Waals surface area contributed by atoms with Gasteiger partial charge in [0.2, 0.25) is 5.16 Å². The topological polar surface area (TPSA) is 97.0 Å². The highest BCUT2D eigenvalue weighted by atomic mass is 32.2. The van der Waals surface area contributed by atoms with E-state index in [1.54, 1.807) is 18.2 Å². The Balaban J connectivity index is 1.63. The Bertz CT molecular complexity index is 744. The second-order valence-electron chi connectivity index (χ2n) is 5.07. The summed E-state index contributed by atoms with van der Waals surface area (Å²) in [6, 6.07) is 5.02. The first-order valence-electron chi connectivity index (χ1n) is 7.29. The maximum atomic E-state index is 12.3. The van der Waals surface area contributed by atoms with E-state index >= 15 is 0 Å². The number of carbonyl (C=O) groups excluding carboxylic acids is 2. The van der Waals surface area contributed by atoms with Gasteiger partial charge in [0, 0.05) is 12.0 Å². The van der Waals surface area contributed by atoms with E-state index in [9.17, 15) is 9.59 Å². The van der Waals surface area contributed by atoms with Crippen molar-refractivity contribution in [3.8, 4) is 5.75 Å². The van der Waals surface area contributed by atoms with Crippen LogP contribution in [0.15, 0.2) is 23.4 Å². The molecule has 0 aliphatic carbocycles. The van der Waals surface area contributed by atoms with Gasteiger partial charge < -0.3 is 10.1 Å². The summed E-state index contributed by atoms with van der Waals surface area (Å²) in [4.78, 5) is 27.9. The first kappa shape index (κ1) is 15.5. The zero-order chi connectivity index (χ0) is 16.2. The van der Waals surface area contributed by atoms with Crippen molar-refractivity contribution >= 4 is 29.1 Å². The number of carbonyl (C=O) groups is 2. The standard InChI is InChI=1S/C15H16N4O3S/c1-2-3-13-17-15(19-18-13)23-8-11(20)9-4-5-12-10(6-9)16-14(21)7-22-12/h4-6H,2-3,7-8H2,1H3,(H,16,21)(H,17,18,19). The predicted molar refractivity (Wildman–Crippen MR) is 86.0 cm³/mol. The van der Waals surface area contributed by atoms with Gasteiger partial charge in [-0.2, -0.15) is 0 Å². The van der Waals surface area contributed by atoms with Crippen LogP contribution in [0, 0.1) is 0 Å². The number of aromatic nitrogens is 3. The molecule has 1 aliphatic rings. The van der Waals surface area contributed by atoms with Crippen LogP contribution in [0.1, 0.15) is 29.5 Å². The van der Waals surface area contributed by atoms with Crippen LogP contribution in [0.4, 0.5) is 5.69 Å². The van der Waals surface area contributed by atoms with Gasteiger partial charge in [-0.25, -0.2) is 4.98 Å². The lowest BCUT2D eigenvalue weighted by Gasteiger charge is -2.18. The lowest BCUT2D eigenvalue weighted by atomic mass is 10.1. The molecule has 0 radical (unpaired) electrons. The summed E-state index contributed by atoms with van der Waals surface area (Å²) in [6.07, 6.45) is 1.83. The summed E-state index contributed by atoms with van der Waals surface area (Å²) < 4.78 is 5.27. The number of aromatic amines is 1. The highest BCUT2D eigenvalue weighted by Gasteiger charge is 2.18. The van der Waals surface area contributed by atoms with E-state index in [1.165, 1.54) is 11.8 Å². The molecule has 1 aromatic heterocycles. The van der Waals surface area contributed by atoms with Gasteiger partial charge in [-0.3, -0.25) is 14.7 Å². The Morgan fingerprint density at radius 2 is 2.30 bits per heavy atom. The molecule has 0 fully saturated rings. The van der Waals surface area contributed by atoms with Crippen molar-refractivity contribution in [3.63, 3.8) is 0 Å². The van der Waals surface area contributed by atoms with E-state index in [4.69, 9.17) is 4.74 Å². The lowest BCUT2D eigenvalue weighted by molar-refractivity contribution is -0.118. The van der Waals surface area contributed by atoms with Gasteiger partial charge >= 0.3 is 0 Å². The monoisotopic (exact) mass is 332 g/mol. The third-order valence-electron chi connectivity index (χ3n) is 3.26. The maximum absolute atomic E-state index is 12.3. The van der Waals surface area contributed by atoms with Crippen LogP contribution in [0.5, 0.6) is 5.75 Å². The number of benzene rings is 1. The fourth-order valence-corrected chi connectivity index (χ4v) is 2.87. The molecule has 0 atom stereocenters. The number of fused-ring (bicyclic) bond motifs is 1. The predicted octanol–water partition coefficient (Wildman–Crippen LogP) is 2.06. The largest absolute Gasteiger partial charge is 0.482 e. The third-order valence-corrected chi connectivity index (χ3v) is 4.11. The molecule has 2 N–H and O–H groups in total. The lowest BCUT2D eigenvalue weighted by Crippen LogP contribution is -2.25. The van der Waals surface area contributed by atoms with E-state index in [1.807, 2.05) is 0 Å². The highest BCUT2D eigenvalue weighted by molar-refractivity contribution is 7.99. The van der Waals surface area contributed by atoms with Crippen molar-refractivity contribution in [1.82, 2.24) is 15.2 Å². The minimum Gasteiger partial charge on any atom is -0.482 e. The number of nitrogens with zero attached hydrogens (tertiary/aromatic N) is 2. The van der Waals surface area contributed by atoms with E-state index in [0.717, 1.165) is 18.7 Å². The molecular formula is C15H16N4O3S. The fraction of sp³-hybridized carbons (Fsp3) is 0.333. The molecule has 120 valence electrons. The Morgan fingerprint density at radius 1 is 1.43 bits per heavy atom. The van der Waals surface area contributed by atoms with Crippen LogP contribution >= 0.6 is 11.8 Å². The second-order valence-corrected chi connectivity index (χ2v) is 6.02. The fourth-order valence-electron chi connectivity index (χ4n) is 2.16. The van der Waals surface area contributed by atoms with Crippen molar-refractivity contribution in [1.29, 1.82) is 0 Å². The number of aryl methyl sites for hydroxylation is 1. The molecule has 2 aromatic rings. The number of thioether (sulfide) groups is 1. The van der Waals surface area contributed by atoms with Crippen LogP contribution in [0.2, 0.25) is 0 Å². The van der Waals surface area contributed by atoms with Crippen molar-refractivity contribution in [2.45, 2.75) is 24.9 Å². The van der Waals surface area contributed by atoms with E-state index in [0.29, 0.717) is 22.2 Å². The molecule has 3 rings (SSSR count). The summed E-state index contributed by atoms with van der Waals surface area (Å²) in [5.74, 6) is 1.36. The van der Waals surface area contributed by atoms with Crippen molar-refractivity contribution < 1.29 is 14.3 Å². The third kappa shape index (κ3) is 3.70. The molecule has 0 saturated heterocycles. The number of rotatable bonds is 6. The van der Waals surface area contributed by atoms with Crippen LogP contribution in [-0.4, -0.2) is 39.2 Å². The molecule has 0 bridgehead atoms. The van der Waals surface area contributed by atoms with E-state index < -0.39 is 0 Å². The molecule has 1 amide bonds. The number of ether oxygens (including phenoxy) is 1. The smallest absolute Gasteiger partial charge is 0.262 e. The summed E-state index contributed by atoms with van der Waals surface area (Å²) >= 11 is 1.29. The summed E-state index contributed by atoms with van der Waals surface area (Å²) in [7, 11) is 0. The Labute approximate surface area is 137 Å². The van der Waals surface area contributed by atoms with Crippen molar-refractivity contribution in [2.24, 2.45) is 0 Å². The van der Waals surface area contributed by atoms with Gasteiger partial charge in [0.1, 0.15) is 11.6 Å². The number of hydrogen-bond donors (Lipinski definition) is 2. The molecule has 0 unspecified atom stereocenters. The average molecular weight is 332 g/mol. The summed E-state index contributed by atoms with van der Waals surface area (Å²) in [5.41, 5.74) is 1.05. The zero-order valence-corrected chi connectivity index (χ0v) is 13.4. The Kier molecular flexibility index (Phi) is 4.61. The van der Waals surface area contributed by atoms with Gasteiger partial charge in [0.05, 0.1) is 11.4 Å². The number of hydrogen-bond acceptors (Lipinski definition) is 6. The van der Waals surface area contributed by atoms with Crippen LogP contribution < -0.4 is 10.1 Å². The van der Waals surface area contributed by atoms with E-state index in [-0.39, 0.29) is 24.1 Å². The SMILES string of the molecule is CCCc1nc(SCC(=O)c2ccc3c(c2)NC(=O)CO3)n[nH]1. The molecule has 0 spiro atoms. The van der Waals surface area contributed by atoms with Gasteiger partial charge in [-0.1, -0.05) is 18.7 Å². The maximum Gasteiger partial charge on any atom is 0.262 e. The van der Waals surface area contributed by atoms with Crippen molar-refractivity contribution in [2.75, 3.05) is 17.7 Å². The van der Waals surface area contributed by atoms with Crippen molar-refractivity contribution in [3.05, 3.63) is 29.6 Å². The quantitative estimate of drug-likeness (QED) is 0.621. The number of Topliss-reactive ketones (excluding diaryl/α,β-unsaturated/α-hetero) is 1. The number of H-pyrrole nitrogens is 1. The molecule has 8 heteroatoms. The minimum absolute atomic E-state index is 0.00106. The molecule has 7 nitrogen and oxygen atoms in total. The van der Waals surface area contributed by atoms with Gasteiger partial charge in [-0.05, 0) is 24.6 Å². The summed E-state index contributed by atoms with van der Waals surface area (Å²) in [6.45, 7) is 2.07. The molecule has 1 aromatic carbocycles. The average Bonchev–Trinajstić information content (AvgIpc) is 3.00. The Hall–Kier alpha value is -2.35. The van der Waals surface area contributed by atoms with Gasteiger partial charge in [0.15, 0.2) is 12.4 Å². The zero-order valence-electron chi connectivity index (χ0n) is 12.6. The number of anilines is 1. The first-order valence-corrected chi connectivity index (χ1v) is 8.28. The molecular weight excluding hydrogens is 316 g/mol. The van der Waals surface area contributed by atoms with Crippen LogP contribution in [0.25, 0.3) is 0 Å². The van der Waals surface area contributed by atoms with E-state index in [2.05, 4.69) is 27.4 Å². The number of amides is 1. The first-order chi connectivity index (χ1) is 11.2. The minimum atomic E-state index is -0.222. The Morgan fingerprint density at radius 3 is 3.13 bits per heavy atom. The summed E-state index contributed by atoms with van der Waals surface area (Å²) in [5, 5.41) is 10.2. The molecule has 1 aliphatic heterocycles. The second kappa shape index (κ2) is 6.82. The number of nitrogens with one attached hydrogen (secondary N) is 2. The van der Waals surface area contributed by atoms with Gasteiger partial charge in [-0.15, -0.1) is 5.10 Å².